The molecule has 0 aliphatic heterocycles. The number of rotatable bonds is 22. The minimum absolute atomic E-state index is 0.175. The summed E-state index contributed by atoms with van der Waals surface area (Å²) in [6.45, 7) is 4.43. The zero-order valence-corrected chi connectivity index (χ0v) is 23.5. The minimum atomic E-state index is -3.14. The molecule has 0 saturated heterocycles. The smallest absolute Gasteiger partial charge is 0.397 e. The maximum absolute atomic E-state index is 14.2. The van der Waals surface area contributed by atoms with Gasteiger partial charge in [-0.2, -0.15) is 8.78 Å². The van der Waals surface area contributed by atoms with Crippen molar-refractivity contribution in [1.29, 1.82) is 0 Å². The number of ether oxygens (including phenoxy) is 1. The molecule has 208 valence electrons. The average molecular weight is 517 g/mol. The first-order valence-electron chi connectivity index (χ1n) is 15.0. The van der Waals surface area contributed by atoms with Crippen LogP contribution >= 0.6 is 0 Å². The fourth-order valence-corrected chi connectivity index (χ4v) is 4.63. The Morgan fingerprint density at radius 3 is 1.59 bits per heavy atom. The van der Waals surface area contributed by atoms with Crippen molar-refractivity contribution in [2.24, 2.45) is 0 Å². The number of aryl methyl sites for hydroxylation is 1. The molecule has 2 aromatic rings. The van der Waals surface area contributed by atoms with Crippen LogP contribution in [-0.2, 0) is 6.42 Å². The summed E-state index contributed by atoms with van der Waals surface area (Å²) in [5.74, 6) is 0.780. The van der Waals surface area contributed by atoms with Gasteiger partial charge in [0.15, 0.2) is 5.82 Å². The third-order valence-electron chi connectivity index (χ3n) is 6.98. The van der Waals surface area contributed by atoms with E-state index in [1.54, 1.807) is 24.3 Å². The largest absolute Gasteiger partial charge is 0.433 e. The Hall–Kier alpha value is -2.04. The third kappa shape index (κ3) is 14.5. The van der Waals surface area contributed by atoms with E-state index in [0.717, 1.165) is 43.2 Å². The molecule has 0 bridgehead atoms. The highest BCUT2D eigenvalue weighted by Gasteiger charge is 2.30. The maximum atomic E-state index is 14.2. The van der Waals surface area contributed by atoms with Crippen LogP contribution in [0.15, 0.2) is 36.7 Å². The molecule has 0 atom stereocenters. The van der Waals surface area contributed by atoms with Gasteiger partial charge in [-0.25, -0.2) is 9.97 Å². The summed E-state index contributed by atoms with van der Waals surface area (Å²) in [6.07, 6.45) is 21.7. The van der Waals surface area contributed by atoms with Gasteiger partial charge in [0.2, 0.25) is 0 Å². The van der Waals surface area contributed by atoms with E-state index in [4.69, 9.17) is 4.74 Å². The van der Waals surface area contributed by atoms with E-state index < -0.39 is 6.11 Å². The number of unbranched alkanes of at least 4 members (excludes halogenated alkanes) is 15. The van der Waals surface area contributed by atoms with Crippen molar-refractivity contribution in [3.63, 3.8) is 0 Å². The zero-order chi connectivity index (χ0) is 26.6. The first kappa shape index (κ1) is 31.2. The molecule has 37 heavy (non-hydrogen) atoms. The van der Waals surface area contributed by atoms with Crippen molar-refractivity contribution in [2.75, 3.05) is 0 Å². The highest BCUT2D eigenvalue weighted by atomic mass is 19.3. The van der Waals surface area contributed by atoms with Crippen molar-refractivity contribution >= 4 is 0 Å². The van der Waals surface area contributed by atoms with Gasteiger partial charge in [0.05, 0.1) is 6.42 Å². The molecule has 2 rings (SSSR count). The number of hydrogen-bond donors (Lipinski definition) is 0. The summed E-state index contributed by atoms with van der Waals surface area (Å²) in [7, 11) is 0. The van der Waals surface area contributed by atoms with Gasteiger partial charge >= 0.3 is 6.11 Å². The Bertz CT molecular complexity index is 809. The summed E-state index contributed by atoms with van der Waals surface area (Å²) in [6, 6.07) is 6.65. The van der Waals surface area contributed by atoms with Crippen LogP contribution in [0.2, 0.25) is 0 Å². The molecule has 1 aromatic carbocycles. The van der Waals surface area contributed by atoms with Crippen LogP contribution < -0.4 is 4.74 Å². The number of aromatic nitrogens is 2. The monoisotopic (exact) mass is 516 g/mol. The molecular weight excluding hydrogens is 466 g/mol. The van der Waals surface area contributed by atoms with Gasteiger partial charge in [0, 0.05) is 18.0 Å². The molecule has 1 heterocycles. The summed E-state index contributed by atoms with van der Waals surface area (Å²) >= 11 is 0. The molecule has 0 saturated carbocycles. The first-order chi connectivity index (χ1) is 18.0. The molecule has 0 spiro atoms. The maximum Gasteiger partial charge on any atom is 0.397 e. The van der Waals surface area contributed by atoms with E-state index in [0.29, 0.717) is 12.2 Å². The van der Waals surface area contributed by atoms with Crippen molar-refractivity contribution in [1.82, 2.24) is 9.97 Å². The first-order valence-corrected chi connectivity index (χ1v) is 15.0. The molecule has 0 aliphatic carbocycles. The Morgan fingerprint density at radius 2 is 1.08 bits per heavy atom. The van der Waals surface area contributed by atoms with Gasteiger partial charge in [-0.15, -0.1) is 0 Å². The lowest BCUT2D eigenvalue weighted by molar-refractivity contribution is -0.181. The van der Waals surface area contributed by atoms with Crippen LogP contribution in [0.25, 0.3) is 11.4 Å². The Labute approximate surface area is 224 Å². The number of nitrogens with zero attached hydrogens (tertiary/aromatic N) is 2. The van der Waals surface area contributed by atoms with E-state index in [9.17, 15) is 8.78 Å². The SMILES string of the molecule is CCCCCCCCCCCCc1cnc(-c2ccc(OC(F)(F)CCCCCCCCC)cc2)nc1. The molecule has 0 radical (unpaired) electrons. The molecule has 0 amide bonds. The van der Waals surface area contributed by atoms with Gasteiger partial charge < -0.3 is 4.74 Å². The molecule has 0 unspecified atom stereocenters. The van der Waals surface area contributed by atoms with E-state index in [-0.39, 0.29) is 12.2 Å². The summed E-state index contributed by atoms with van der Waals surface area (Å²) in [5, 5.41) is 0. The quantitative estimate of drug-likeness (QED) is 0.146. The van der Waals surface area contributed by atoms with Crippen LogP contribution in [0.3, 0.4) is 0 Å². The van der Waals surface area contributed by atoms with Gasteiger partial charge in [0.25, 0.3) is 0 Å². The lowest BCUT2D eigenvalue weighted by Gasteiger charge is -2.18. The summed E-state index contributed by atoms with van der Waals surface area (Å²) < 4.78 is 33.4. The molecule has 1 aromatic heterocycles. The zero-order valence-electron chi connectivity index (χ0n) is 23.5. The number of benzene rings is 1. The predicted octanol–water partition coefficient (Wildman–Crippen LogP) is 10.7. The standard InChI is InChI=1S/C32H50F2N2O/c1-3-5-7-9-11-12-13-14-16-18-20-28-26-35-31(36-27-28)29-21-23-30(24-22-29)37-32(33,34)25-19-17-15-10-8-6-4-2/h21-24,26-27H,3-20,25H2,1-2H3. The molecule has 0 fully saturated rings. The second-order valence-corrected chi connectivity index (χ2v) is 10.5. The Balaban J connectivity index is 1.64. The molecule has 0 N–H and O–H groups in total. The Kier molecular flexibility index (Phi) is 16.1. The van der Waals surface area contributed by atoms with Gasteiger partial charge in [-0.05, 0) is 49.1 Å². The predicted molar refractivity (Wildman–Crippen MR) is 151 cm³/mol. The number of halogens is 2. The lowest BCUT2D eigenvalue weighted by atomic mass is 10.0. The fourth-order valence-electron chi connectivity index (χ4n) is 4.63. The topological polar surface area (TPSA) is 35.0 Å². The fraction of sp³-hybridized carbons (Fsp3) is 0.688. The van der Waals surface area contributed by atoms with Crippen molar-refractivity contribution in [2.45, 2.75) is 142 Å². The molecule has 5 heteroatoms. The van der Waals surface area contributed by atoms with Gasteiger partial charge in [-0.3, -0.25) is 0 Å². The van der Waals surface area contributed by atoms with Crippen LogP contribution in [0, 0.1) is 0 Å². The molecule has 0 aliphatic rings. The molecule has 3 nitrogen and oxygen atoms in total. The van der Waals surface area contributed by atoms with E-state index in [1.165, 1.54) is 77.0 Å². The highest BCUT2D eigenvalue weighted by Crippen LogP contribution is 2.28. The van der Waals surface area contributed by atoms with E-state index >= 15 is 0 Å². The summed E-state index contributed by atoms with van der Waals surface area (Å²) in [4.78, 5) is 8.99. The van der Waals surface area contributed by atoms with Gasteiger partial charge in [-0.1, -0.05) is 110 Å². The number of alkyl halides is 2. The second kappa shape index (κ2) is 19.1. The molecular formula is C32H50F2N2O. The lowest BCUT2D eigenvalue weighted by Crippen LogP contribution is -2.24. The van der Waals surface area contributed by atoms with Crippen LogP contribution in [0.5, 0.6) is 5.75 Å². The summed E-state index contributed by atoms with van der Waals surface area (Å²) in [5.41, 5.74) is 1.95. The normalized spacial score (nSPS) is 11.7. The minimum Gasteiger partial charge on any atom is -0.433 e. The van der Waals surface area contributed by atoms with Crippen molar-refractivity contribution in [3.05, 3.63) is 42.2 Å². The Morgan fingerprint density at radius 1 is 0.622 bits per heavy atom. The van der Waals surface area contributed by atoms with Crippen molar-refractivity contribution < 1.29 is 13.5 Å². The second-order valence-electron chi connectivity index (χ2n) is 10.5. The van der Waals surface area contributed by atoms with Crippen LogP contribution in [0.4, 0.5) is 8.78 Å². The van der Waals surface area contributed by atoms with Crippen LogP contribution in [-0.4, -0.2) is 16.1 Å². The highest BCUT2D eigenvalue weighted by molar-refractivity contribution is 5.55. The van der Waals surface area contributed by atoms with E-state index in [2.05, 4.69) is 23.8 Å². The van der Waals surface area contributed by atoms with Crippen molar-refractivity contribution in [3.8, 4) is 17.1 Å². The van der Waals surface area contributed by atoms with E-state index in [1.807, 2.05) is 12.4 Å². The number of hydrogen-bond acceptors (Lipinski definition) is 3. The third-order valence-corrected chi connectivity index (χ3v) is 6.98. The van der Waals surface area contributed by atoms with Gasteiger partial charge in [0.1, 0.15) is 5.75 Å². The average Bonchev–Trinajstić information content (AvgIpc) is 2.90. The van der Waals surface area contributed by atoms with Crippen LogP contribution in [0.1, 0.15) is 135 Å².